The third kappa shape index (κ3) is 7.73. The lowest BCUT2D eigenvalue weighted by molar-refractivity contribution is -0.146. The molecule has 0 saturated carbocycles. The van der Waals surface area contributed by atoms with E-state index in [0.29, 0.717) is 0 Å². The first-order valence-electron chi connectivity index (χ1n) is 5.19. The third-order valence-corrected chi connectivity index (χ3v) is 2.05. The van der Waals surface area contributed by atoms with Gasteiger partial charge in [0.2, 0.25) is 0 Å². The van der Waals surface area contributed by atoms with Crippen molar-refractivity contribution in [2.45, 2.75) is 39.0 Å². The molecule has 0 radical (unpaired) electrons. The van der Waals surface area contributed by atoms with Gasteiger partial charge in [0.25, 0.3) is 0 Å². The Bertz CT molecular complexity index is 233. The zero-order chi connectivity index (χ0) is 11.7. The van der Waals surface area contributed by atoms with Gasteiger partial charge in [0.15, 0.2) is 0 Å². The van der Waals surface area contributed by atoms with Crippen LogP contribution < -0.4 is 0 Å². The van der Waals surface area contributed by atoms with Crippen LogP contribution in [0.1, 0.15) is 39.0 Å². The summed E-state index contributed by atoms with van der Waals surface area (Å²) in [7, 11) is 0. The van der Waals surface area contributed by atoms with Crippen LogP contribution in [0, 0.1) is 5.92 Å². The fourth-order valence-corrected chi connectivity index (χ4v) is 1.20. The summed E-state index contributed by atoms with van der Waals surface area (Å²) in [4.78, 5) is 21.0. The van der Waals surface area contributed by atoms with E-state index in [9.17, 15) is 9.59 Å². The van der Waals surface area contributed by atoms with E-state index in [1.165, 1.54) is 6.08 Å². The van der Waals surface area contributed by atoms with Crippen molar-refractivity contribution in [2.24, 2.45) is 5.92 Å². The molecule has 0 aliphatic heterocycles. The molecule has 0 saturated heterocycles. The largest absolute Gasteiger partial charge is 0.481 e. The van der Waals surface area contributed by atoms with Gasteiger partial charge >= 0.3 is 11.9 Å². The molecular formula is C11H18O4. The number of hydrogen-bond donors (Lipinski definition) is 2. The minimum Gasteiger partial charge on any atom is -0.481 e. The first kappa shape index (κ1) is 13.7. The second-order valence-corrected chi connectivity index (χ2v) is 3.47. The highest BCUT2D eigenvalue weighted by atomic mass is 16.4. The summed E-state index contributed by atoms with van der Waals surface area (Å²) < 4.78 is 0. The SMILES string of the molecule is CCCCC/C=C/C(CC(=O)O)C(=O)O. The van der Waals surface area contributed by atoms with Crippen LogP contribution in [0.15, 0.2) is 12.2 Å². The molecule has 0 aromatic heterocycles. The van der Waals surface area contributed by atoms with Gasteiger partial charge in [-0.15, -0.1) is 0 Å². The quantitative estimate of drug-likeness (QED) is 0.480. The number of carbonyl (C=O) groups is 2. The van der Waals surface area contributed by atoms with Gasteiger partial charge in [-0.3, -0.25) is 9.59 Å². The van der Waals surface area contributed by atoms with Gasteiger partial charge in [-0.1, -0.05) is 31.9 Å². The van der Waals surface area contributed by atoms with Crippen molar-refractivity contribution in [3.05, 3.63) is 12.2 Å². The highest BCUT2D eigenvalue weighted by Crippen LogP contribution is 2.08. The maximum Gasteiger partial charge on any atom is 0.310 e. The molecule has 0 aromatic rings. The first-order valence-corrected chi connectivity index (χ1v) is 5.19. The highest BCUT2D eigenvalue weighted by molar-refractivity contribution is 5.79. The van der Waals surface area contributed by atoms with Crippen LogP contribution in [-0.4, -0.2) is 22.2 Å². The Kier molecular flexibility index (Phi) is 7.32. The molecule has 1 atom stereocenters. The lowest BCUT2D eigenvalue weighted by atomic mass is 10.0. The van der Waals surface area contributed by atoms with Crippen molar-refractivity contribution in [1.29, 1.82) is 0 Å². The van der Waals surface area contributed by atoms with Gasteiger partial charge in [-0.05, 0) is 12.8 Å². The summed E-state index contributed by atoms with van der Waals surface area (Å²) >= 11 is 0. The molecule has 0 heterocycles. The average molecular weight is 214 g/mol. The Morgan fingerprint density at radius 2 is 1.93 bits per heavy atom. The van der Waals surface area contributed by atoms with Crippen LogP contribution in [0.5, 0.6) is 0 Å². The fourth-order valence-electron chi connectivity index (χ4n) is 1.20. The molecule has 4 heteroatoms. The predicted molar refractivity (Wildman–Crippen MR) is 56.7 cm³/mol. The Morgan fingerprint density at radius 1 is 1.27 bits per heavy atom. The molecule has 0 fully saturated rings. The van der Waals surface area contributed by atoms with E-state index < -0.39 is 17.9 Å². The molecule has 0 aliphatic carbocycles. The molecule has 0 bridgehead atoms. The maximum atomic E-state index is 10.6. The molecule has 0 spiro atoms. The summed E-state index contributed by atoms with van der Waals surface area (Å²) in [5.41, 5.74) is 0. The number of allylic oxidation sites excluding steroid dienone is 1. The average Bonchev–Trinajstić information content (AvgIpc) is 2.15. The number of hydrogen-bond acceptors (Lipinski definition) is 2. The van der Waals surface area contributed by atoms with E-state index in [1.54, 1.807) is 6.08 Å². The molecule has 0 amide bonds. The maximum absolute atomic E-state index is 10.6. The van der Waals surface area contributed by atoms with Crippen LogP contribution in [0.3, 0.4) is 0 Å². The number of carboxylic acid groups (broad SMARTS) is 2. The summed E-state index contributed by atoms with van der Waals surface area (Å²) in [6.45, 7) is 2.09. The van der Waals surface area contributed by atoms with Crippen molar-refractivity contribution in [1.82, 2.24) is 0 Å². The Morgan fingerprint density at radius 3 is 2.40 bits per heavy atom. The van der Waals surface area contributed by atoms with Crippen LogP contribution in [0.25, 0.3) is 0 Å². The number of carboxylic acids is 2. The lowest BCUT2D eigenvalue weighted by Gasteiger charge is -2.02. The van der Waals surface area contributed by atoms with E-state index in [4.69, 9.17) is 10.2 Å². The summed E-state index contributed by atoms with van der Waals surface area (Å²) in [6.07, 6.45) is 6.96. The molecule has 0 aromatic carbocycles. The smallest absolute Gasteiger partial charge is 0.310 e. The first-order chi connectivity index (χ1) is 7.07. The van der Waals surface area contributed by atoms with E-state index in [2.05, 4.69) is 6.92 Å². The van der Waals surface area contributed by atoms with Crippen molar-refractivity contribution in [2.75, 3.05) is 0 Å². The van der Waals surface area contributed by atoms with Crippen LogP contribution in [-0.2, 0) is 9.59 Å². The second kappa shape index (κ2) is 8.03. The molecule has 1 unspecified atom stereocenters. The molecule has 86 valence electrons. The van der Waals surface area contributed by atoms with E-state index in [0.717, 1.165) is 25.7 Å². The third-order valence-electron chi connectivity index (χ3n) is 2.05. The van der Waals surface area contributed by atoms with E-state index >= 15 is 0 Å². The van der Waals surface area contributed by atoms with Crippen molar-refractivity contribution >= 4 is 11.9 Å². The fraction of sp³-hybridized carbons (Fsp3) is 0.636. The van der Waals surface area contributed by atoms with Gasteiger partial charge in [0.1, 0.15) is 0 Å². The van der Waals surface area contributed by atoms with Gasteiger partial charge in [-0.25, -0.2) is 0 Å². The van der Waals surface area contributed by atoms with E-state index in [1.807, 2.05) is 0 Å². The molecule has 2 N–H and O–H groups in total. The summed E-state index contributed by atoms with van der Waals surface area (Å²) in [5.74, 6) is -3.06. The van der Waals surface area contributed by atoms with Gasteiger partial charge in [-0.2, -0.15) is 0 Å². The Balaban J connectivity index is 3.94. The normalized spacial score (nSPS) is 12.9. The van der Waals surface area contributed by atoms with Crippen molar-refractivity contribution in [3.63, 3.8) is 0 Å². The Hall–Kier alpha value is -1.32. The second-order valence-electron chi connectivity index (χ2n) is 3.47. The van der Waals surface area contributed by atoms with Crippen molar-refractivity contribution in [3.8, 4) is 0 Å². The van der Waals surface area contributed by atoms with Crippen molar-refractivity contribution < 1.29 is 19.8 Å². The number of rotatable bonds is 8. The summed E-state index contributed by atoms with van der Waals surface area (Å²) in [5, 5.41) is 17.2. The lowest BCUT2D eigenvalue weighted by Crippen LogP contribution is -2.15. The number of unbranched alkanes of at least 4 members (excludes halogenated alkanes) is 3. The minimum atomic E-state index is -1.08. The zero-order valence-corrected chi connectivity index (χ0v) is 8.98. The minimum absolute atomic E-state index is 0.348. The van der Waals surface area contributed by atoms with Gasteiger partial charge in [0, 0.05) is 0 Å². The molecular weight excluding hydrogens is 196 g/mol. The topological polar surface area (TPSA) is 74.6 Å². The van der Waals surface area contributed by atoms with Gasteiger partial charge < -0.3 is 10.2 Å². The molecule has 15 heavy (non-hydrogen) atoms. The molecule has 4 nitrogen and oxygen atoms in total. The molecule has 0 aliphatic rings. The van der Waals surface area contributed by atoms with Crippen LogP contribution in [0.2, 0.25) is 0 Å². The zero-order valence-electron chi connectivity index (χ0n) is 8.98. The van der Waals surface area contributed by atoms with Crippen LogP contribution in [0.4, 0.5) is 0 Å². The standard InChI is InChI=1S/C11H18O4/c1-2-3-4-5-6-7-9(11(14)15)8-10(12)13/h6-7,9H,2-5,8H2,1H3,(H,12,13)(H,14,15)/b7-6+. The predicted octanol–water partition coefficient (Wildman–Crippen LogP) is 2.30. The monoisotopic (exact) mass is 214 g/mol. The van der Waals surface area contributed by atoms with Gasteiger partial charge in [0.05, 0.1) is 12.3 Å². The number of aliphatic carboxylic acids is 2. The Labute approximate surface area is 89.6 Å². The molecule has 0 rings (SSSR count). The summed E-state index contributed by atoms with van der Waals surface area (Å²) in [6, 6.07) is 0. The van der Waals surface area contributed by atoms with Crippen LogP contribution >= 0.6 is 0 Å². The van der Waals surface area contributed by atoms with E-state index in [-0.39, 0.29) is 6.42 Å². The highest BCUT2D eigenvalue weighted by Gasteiger charge is 2.17.